The first-order valence-electron chi connectivity index (χ1n) is 11.3. The van der Waals surface area contributed by atoms with Crippen molar-refractivity contribution in [2.45, 2.75) is 0 Å². The molecule has 0 unspecified atom stereocenters. The van der Waals surface area contributed by atoms with Crippen molar-refractivity contribution in [1.82, 2.24) is 4.90 Å². The van der Waals surface area contributed by atoms with Crippen LogP contribution in [0.25, 0.3) is 11.8 Å². The van der Waals surface area contributed by atoms with E-state index in [9.17, 15) is 4.79 Å². The van der Waals surface area contributed by atoms with Crippen LogP contribution in [0.15, 0.2) is 94.8 Å². The number of ether oxygens (including phenoxy) is 3. The van der Waals surface area contributed by atoms with Gasteiger partial charge in [0.05, 0.1) is 18.4 Å². The Morgan fingerprint density at radius 3 is 2.14 bits per heavy atom. The Morgan fingerprint density at radius 2 is 1.50 bits per heavy atom. The number of nitrogens with zero attached hydrogens (tertiary/aromatic N) is 2. The summed E-state index contributed by atoms with van der Waals surface area (Å²) in [6.07, 6.45) is 1.69. The SMILES string of the molecule is COc1ccc(OCCOc2ccc(/C=C3/C(=N)N4C(c5ccccc5)=CSC4=NC3=O)cc2)cc1. The van der Waals surface area contributed by atoms with Crippen molar-refractivity contribution in [1.29, 1.82) is 5.41 Å². The van der Waals surface area contributed by atoms with Crippen LogP contribution in [0, 0.1) is 5.41 Å². The molecular formula is C28H23N3O4S. The summed E-state index contributed by atoms with van der Waals surface area (Å²) in [5.41, 5.74) is 2.82. The van der Waals surface area contributed by atoms with Gasteiger partial charge in [0.25, 0.3) is 5.91 Å². The topological polar surface area (TPSA) is 84.2 Å². The number of carbonyl (C=O) groups excluding carboxylic acids is 1. The molecule has 0 bridgehead atoms. The predicted molar refractivity (Wildman–Crippen MR) is 142 cm³/mol. The largest absolute Gasteiger partial charge is 0.497 e. The Morgan fingerprint density at radius 1 is 0.889 bits per heavy atom. The zero-order valence-electron chi connectivity index (χ0n) is 19.5. The molecule has 5 rings (SSSR count). The molecular weight excluding hydrogens is 474 g/mol. The van der Waals surface area contributed by atoms with E-state index in [2.05, 4.69) is 4.99 Å². The maximum absolute atomic E-state index is 12.7. The second-order valence-corrected chi connectivity index (χ2v) is 8.71. The highest BCUT2D eigenvalue weighted by Crippen LogP contribution is 2.37. The molecule has 0 aliphatic carbocycles. The van der Waals surface area contributed by atoms with Crippen LogP contribution in [-0.2, 0) is 4.79 Å². The average Bonchev–Trinajstić information content (AvgIpc) is 3.34. The van der Waals surface area contributed by atoms with Gasteiger partial charge in [0.1, 0.15) is 36.3 Å². The molecule has 2 aliphatic heterocycles. The lowest BCUT2D eigenvalue weighted by Crippen LogP contribution is -2.38. The van der Waals surface area contributed by atoms with Crippen molar-refractivity contribution >= 4 is 40.4 Å². The summed E-state index contributed by atoms with van der Waals surface area (Å²) in [4.78, 5) is 18.6. The molecule has 0 aromatic heterocycles. The Hall–Kier alpha value is -4.30. The van der Waals surface area contributed by atoms with E-state index in [0.717, 1.165) is 28.3 Å². The van der Waals surface area contributed by atoms with Crippen LogP contribution in [-0.4, -0.2) is 42.1 Å². The van der Waals surface area contributed by atoms with Crippen LogP contribution in [0.4, 0.5) is 0 Å². The van der Waals surface area contributed by atoms with E-state index in [4.69, 9.17) is 19.6 Å². The van der Waals surface area contributed by atoms with E-state index in [1.54, 1.807) is 18.1 Å². The zero-order chi connectivity index (χ0) is 24.9. The van der Waals surface area contributed by atoms with Gasteiger partial charge in [0, 0.05) is 5.41 Å². The van der Waals surface area contributed by atoms with Gasteiger partial charge in [-0.05, 0) is 53.6 Å². The van der Waals surface area contributed by atoms with E-state index < -0.39 is 5.91 Å². The van der Waals surface area contributed by atoms with E-state index in [-0.39, 0.29) is 11.4 Å². The molecule has 0 spiro atoms. The molecule has 8 heteroatoms. The van der Waals surface area contributed by atoms with Crippen LogP contribution in [0.3, 0.4) is 0 Å². The number of rotatable bonds is 8. The number of hydrogen-bond acceptors (Lipinski definition) is 6. The highest BCUT2D eigenvalue weighted by molar-refractivity contribution is 8.17. The molecule has 3 aromatic rings. The lowest BCUT2D eigenvalue weighted by atomic mass is 10.1. The number of hydrogen-bond donors (Lipinski definition) is 1. The van der Waals surface area contributed by atoms with Crippen LogP contribution < -0.4 is 14.2 Å². The number of methoxy groups -OCH3 is 1. The van der Waals surface area contributed by atoms with Crippen LogP contribution in [0.5, 0.6) is 17.2 Å². The molecule has 180 valence electrons. The van der Waals surface area contributed by atoms with Crippen LogP contribution >= 0.6 is 11.8 Å². The first-order valence-corrected chi connectivity index (χ1v) is 12.2. The molecule has 3 aromatic carbocycles. The van der Waals surface area contributed by atoms with Gasteiger partial charge in [0.2, 0.25) is 0 Å². The summed E-state index contributed by atoms with van der Waals surface area (Å²) in [6, 6.07) is 24.5. The lowest BCUT2D eigenvalue weighted by molar-refractivity contribution is -0.114. The molecule has 36 heavy (non-hydrogen) atoms. The van der Waals surface area contributed by atoms with Crippen molar-refractivity contribution in [3.05, 3.63) is 101 Å². The zero-order valence-corrected chi connectivity index (χ0v) is 20.3. The Balaban J connectivity index is 1.22. The lowest BCUT2D eigenvalue weighted by Gasteiger charge is -2.26. The average molecular weight is 498 g/mol. The second-order valence-electron chi connectivity index (χ2n) is 7.87. The molecule has 1 N–H and O–H groups in total. The maximum Gasteiger partial charge on any atom is 0.283 e. The van der Waals surface area contributed by atoms with Crippen LogP contribution in [0.1, 0.15) is 11.1 Å². The Bertz CT molecular complexity index is 1360. The van der Waals surface area contributed by atoms with E-state index >= 15 is 0 Å². The number of nitrogens with one attached hydrogen (secondary N) is 1. The van der Waals surface area contributed by atoms with Gasteiger partial charge in [-0.25, -0.2) is 0 Å². The Kier molecular flexibility index (Phi) is 6.86. The molecule has 7 nitrogen and oxygen atoms in total. The van der Waals surface area contributed by atoms with Gasteiger partial charge >= 0.3 is 0 Å². The maximum atomic E-state index is 12.7. The van der Waals surface area contributed by atoms with Gasteiger partial charge in [0.15, 0.2) is 5.17 Å². The quantitative estimate of drug-likeness (QED) is 0.329. The summed E-state index contributed by atoms with van der Waals surface area (Å²) in [5.74, 6) is 1.90. The van der Waals surface area contributed by atoms with Crippen molar-refractivity contribution < 1.29 is 19.0 Å². The van der Waals surface area contributed by atoms with Gasteiger partial charge in [-0.2, -0.15) is 4.99 Å². The fraction of sp³-hybridized carbons (Fsp3) is 0.107. The normalized spacial score (nSPS) is 15.9. The molecule has 0 saturated heterocycles. The molecule has 0 atom stereocenters. The van der Waals surface area contributed by atoms with E-state index in [1.165, 1.54) is 11.8 Å². The minimum absolute atomic E-state index is 0.112. The number of benzene rings is 3. The summed E-state index contributed by atoms with van der Waals surface area (Å²) < 4.78 is 16.6. The smallest absolute Gasteiger partial charge is 0.283 e. The third kappa shape index (κ3) is 5.04. The molecule has 0 fully saturated rings. The van der Waals surface area contributed by atoms with Gasteiger partial charge in [-0.15, -0.1) is 0 Å². The standard InChI is InChI=1S/C28H23N3O4S/c1-33-21-11-13-23(14-12-21)35-16-15-34-22-9-7-19(8-10-22)17-24-26(29)31-25(20-5-3-2-4-6-20)18-36-28(31)30-27(24)32/h2-14,17-18,29H,15-16H2,1H3/b24-17-,29-26?. The third-order valence-corrected chi connectivity index (χ3v) is 6.38. The fourth-order valence-electron chi connectivity index (χ4n) is 3.73. The summed E-state index contributed by atoms with van der Waals surface area (Å²) >= 11 is 1.35. The number of aliphatic imine (C=N–C) groups is 1. The first kappa shape index (κ1) is 23.4. The van der Waals surface area contributed by atoms with Gasteiger partial charge in [-0.3, -0.25) is 15.1 Å². The number of fused-ring (bicyclic) bond motifs is 1. The molecule has 1 amide bonds. The van der Waals surface area contributed by atoms with Crippen molar-refractivity contribution in [2.24, 2.45) is 4.99 Å². The van der Waals surface area contributed by atoms with Crippen LogP contribution in [0.2, 0.25) is 0 Å². The number of amides is 1. The summed E-state index contributed by atoms with van der Waals surface area (Å²) in [6.45, 7) is 0.781. The molecule has 0 saturated carbocycles. The number of carbonyl (C=O) groups is 1. The highest BCUT2D eigenvalue weighted by Gasteiger charge is 2.36. The van der Waals surface area contributed by atoms with Crippen molar-refractivity contribution in [3.8, 4) is 17.2 Å². The van der Waals surface area contributed by atoms with Gasteiger partial charge < -0.3 is 14.2 Å². The predicted octanol–water partition coefficient (Wildman–Crippen LogP) is 5.46. The Labute approximate surface area is 213 Å². The van der Waals surface area contributed by atoms with E-state index in [1.807, 2.05) is 84.3 Å². The summed E-state index contributed by atoms with van der Waals surface area (Å²) in [7, 11) is 1.62. The highest BCUT2D eigenvalue weighted by atomic mass is 32.2. The van der Waals surface area contributed by atoms with Gasteiger partial charge in [-0.1, -0.05) is 54.2 Å². The minimum Gasteiger partial charge on any atom is -0.497 e. The fourth-order valence-corrected chi connectivity index (χ4v) is 4.62. The second kappa shape index (κ2) is 10.5. The monoisotopic (exact) mass is 497 g/mol. The molecule has 0 radical (unpaired) electrons. The van der Waals surface area contributed by atoms with Crippen molar-refractivity contribution in [3.63, 3.8) is 0 Å². The number of amidine groups is 2. The third-order valence-electron chi connectivity index (χ3n) is 5.56. The van der Waals surface area contributed by atoms with E-state index in [0.29, 0.717) is 24.1 Å². The molecule has 2 heterocycles. The van der Waals surface area contributed by atoms with Crippen molar-refractivity contribution in [2.75, 3.05) is 20.3 Å². The first-order chi connectivity index (χ1) is 17.6. The minimum atomic E-state index is -0.419. The summed E-state index contributed by atoms with van der Waals surface area (Å²) in [5, 5.41) is 11.2. The number of thioether (sulfide) groups is 1. The molecule has 2 aliphatic rings.